The summed E-state index contributed by atoms with van der Waals surface area (Å²) >= 11 is 0. The van der Waals surface area contributed by atoms with Gasteiger partial charge in [-0.25, -0.2) is 14.4 Å². The quantitative estimate of drug-likeness (QED) is 0.108. The van der Waals surface area contributed by atoms with Crippen LogP contribution in [-0.2, 0) is 9.53 Å². The molecule has 4 rings (SSSR count). The first-order valence-electron chi connectivity index (χ1n) is 13.1. The SMILES string of the molecule is C=CC(=O)OCCCCOc1ccc(C(=O)Oc2ccc(C(=O)Oc3ccc(C4CC4)cc3)cc2C)cc1OC. The van der Waals surface area contributed by atoms with Gasteiger partial charge in [-0.1, -0.05) is 18.7 Å². The zero-order chi connectivity index (χ0) is 28.5. The van der Waals surface area contributed by atoms with Crippen LogP contribution in [0.15, 0.2) is 73.3 Å². The van der Waals surface area contributed by atoms with Gasteiger partial charge in [-0.05, 0) is 98.2 Å². The van der Waals surface area contributed by atoms with Crippen LogP contribution >= 0.6 is 0 Å². The lowest BCUT2D eigenvalue weighted by atomic mass is 10.1. The summed E-state index contributed by atoms with van der Waals surface area (Å²) in [5.41, 5.74) is 2.50. The molecule has 0 amide bonds. The lowest BCUT2D eigenvalue weighted by molar-refractivity contribution is -0.137. The van der Waals surface area contributed by atoms with Crippen molar-refractivity contribution >= 4 is 17.9 Å². The Kier molecular flexibility index (Phi) is 9.57. The predicted octanol–water partition coefficient (Wildman–Crippen LogP) is 6.21. The van der Waals surface area contributed by atoms with Crippen molar-refractivity contribution in [3.8, 4) is 23.0 Å². The fourth-order valence-electron chi connectivity index (χ4n) is 3.97. The van der Waals surface area contributed by atoms with Gasteiger partial charge in [0.05, 0.1) is 31.5 Å². The van der Waals surface area contributed by atoms with Crippen molar-refractivity contribution < 1.29 is 38.1 Å². The van der Waals surface area contributed by atoms with Crippen molar-refractivity contribution in [1.29, 1.82) is 0 Å². The van der Waals surface area contributed by atoms with Crippen molar-refractivity contribution in [3.63, 3.8) is 0 Å². The maximum Gasteiger partial charge on any atom is 0.343 e. The minimum Gasteiger partial charge on any atom is -0.493 e. The summed E-state index contributed by atoms with van der Waals surface area (Å²) in [6.07, 6.45) is 4.84. The first kappa shape index (κ1) is 28.4. The zero-order valence-electron chi connectivity index (χ0n) is 22.6. The molecule has 3 aromatic rings. The van der Waals surface area contributed by atoms with Crippen molar-refractivity contribution in [3.05, 3.63) is 95.6 Å². The minimum atomic E-state index is -0.580. The summed E-state index contributed by atoms with van der Waals surface area (Å²) < 4.78 is 27.1. The molecule has 0 bridgehead atoms. The first-order valence-corrected chi connectivity index (χ1v) is 13.1. The van der Waals surface area contributed by atoms with E-state index in [4.69, 9.17) is 23.7 Å². The molecular formula is C32H32O8. The van der Waals surface area contributed by atoms with E-state index >= 15 is 0 Å². The third-order valence-corrected chi connectivity index (χ3v) is 6.36. The molecule has 0 heterocycles. The molecule has 0 unspecified atom stereocenters. The summed E-state index contributed by atoms with van der Waals surface area (Å²) in [5, 5.41) is 0. The van der Waals surface area contributed by atoms with E-state index in [0.29, 0.717) is 59.5 Å². The van der Waals surface area contributed by atoms with E-state index < -0.39 is 17.9 Å². The number of benzene rings is 3. The van der Waals surface area contributed by atoms with Gasteiger partial charge in [-0.3, -0.25) is 0 Å². The van der Waals surface area contributed by atoms with Gasteiger partial charge >= 0.3 is 17.9 Å². The maximum absolute atomic E-state index is 12.8. The average molecular weight is 545 g/mol. The largest absolute Gasteiger partial charge is 0.493 e. The van der Waals surface area contributed by atoms with E-state index in [1.54, 1.807) is 43.3 Å². The van der Waals surface area contributed by atoms with Gasteiger partial charge in [0, 0.05) is 6.08 Å². The molecule has 3 aromatic carbocycles. The van der Waals surface area contributed by atoms with Crippen LogP contribution < -0.4 is 18.9 Å². The number of rotatable bonds is 13. The van der Waals surface area contributed by atoms with Crippen LogP contribution in [0, 0.1) is 6.92 Å². The Bertz CT molecular complexity index is 1370. The Hall–Kier alpha value is -4.59. The molecule has 0 atom stereocenters. The molecule has 0 spiro atoms. The number of carbonyl (C=O) groups is 3. The molecule has 0 aliphatic heterocycles. The Morgan fingerprint density at radius 3 is 2.12 bits per heavy atom. The van der Waals surface area contributed by atoms with Crippen molar-refractivity contribution in [2.75, 3.05) is 20.3 Å². The summed E-state index contributed by atoms with van der Waals surface area (Å²) in [4.78, 5) is 36.5. The van der Waals surface area contributed by atoms with E-state index in [9.17, 15) is 14.4 Å². The highest BCUT2D eigenvalue weighted by molar-refractivity contribution is 5.93. The minimum absolute atomic E-state index is 0.276. The Morgan fingerprint density at radius 2 is 1.48 bits per heavy atom. The molecule has 1 saturated carbocycles. The van der Waals surface area contributed by atoms with E-state index in [0.717, 1.165) is 6.08 Å². The van der Waals surface area contributed by atoms with Gasteiger partial charge in [0.25, 0.3) is 0 Å². The standard InChI is InChI=1S/C32H32O8/c1-4-30(33)38-18-6-5-17-37-28-16-12-25(20-29(28)36-3)32(35)40-27-15-11-24(19-21(27)2)31(34)39-26-13-9-23(10-14-26)22-7-8-22/h4,9-16,19-20,22H,1,5-8,17-18H2,2-3H3. The first-order chi connectivity index (χ1) is 19.4. The molecule has 8 nitrogen and oxygen atoms in total. The van der Waals surface area contributed by atoms with Gasteiger partial charge in [0.1, 0.15) is 11.5 Å². The van der Waals surface area contributed by atoms with Gasteiger partial charge in [-0.2, -0.15) is 0 Å². The second kappa shape index (κ2) is 13.5. The van der Waals surface area contributed by atoms with E-state index in [2.05, 4.69) is 6.58 Å². The molecule has 1 fully saturated rings. The summed E-state index contributed by atoms with van der Waals surface area (Å²) in [5.74, 6) is 0.777. The lowest BCUT2D eigenvalue weighted by Crippen LogP contribution is -2.12. The normalized spacial score (nSPS) is 12.2. The van der Waals surface area contributed by atoms with Crippen LogP contribution in [0.1, 0.15) is 63.4 Å². The molecule has 1 aliphatic carbocycles. The predicted molar refractivity (Wildman–Crippen MR) is 148 cm³/mol. The van der Waals surface area contributed by atoms with Crippen LogP contribution in [0.5, 0.6) is 23.0 Å². The van der Waals surface area contributed by atoms with Crippen molar-refractivity contribution in [2.24, 2.45) is 0 Å². The van der Waals surface area contributed by atoms with Crippen molar-refractivity contribution in [2.45, 2.75) is 38.5 Å². The van der Waals surface area contributed by atoms with Crippen LogP contribution in [0.3, 0.4) is 0 Å². The number of carbonyl (C=O) groups excluding carboxylic acids is 3. The zero-order valence-corrected chi connectivity index (χ0v) is 22.6. The molecule has 40 heavy (non-hydrogen) atoms. The number of aryl methyl sites for hydroxylation is 1. The van der Waals surface area contributed by atoms with Gasteiger partial charge in [0.15, 0.2) is 11.5 Å². The Morgan fingerprint density at radius 1 is 0.825 bits per heavy atom. The topological polar surface area (TPSA) is 97.4 Å². The molecule has 8 heteroatoms. The molecule has 0 saturated heterocycles. The number of ether oxygens (including phenoxy) is 5. The molecule has 208 valence electrons. The van der Waals surface area contributed by atoms with E-state index in [-0.39, 0.29) is 12.2 Å². The van der Waals surface area contributed by atoms with E-state index in [1.807, 2.05) is 24.3 Å². The molecule has 0 N–H and O–H groups in total. The van der Waals surface area contributed by atoms with Gasteiger partial charge < -0.3 is 23.7 Å². The molecule has 0 radical (unpaired) electrons. The van der Waals surface area contributed by atoms with Gasteiger partial charge in [-0.15, -0.1) is 0 Å². The Labute approximate surface area is 233 Å². The highest BCUT2D eigenvalue weighted by Crippen LogP contribution is 2.40. The number of esters is 3. The molecule has 0 aromatic heterocycles. The Balaban J connectivity index is 1.31. The fraction of sp³-hybridized carbons (Fsp3) is 0.281. The average Bonchev–Trinajstić information content (AvgIpc) is 3.82. The fourth-order valence-corrected chi connectivity index (χ4v) is 3.97. The highest BCUT2D eigenvalue weighted by atomic mass is 16.5. The second-order valence-corrected chi connectivity index (χ2v) is 9.40. The molecular weight excluding hydrogens is 512 g/mol. The van der Waals surface area contributed by atoms with Crippen LogP contribution in [0.25, 0.3) is 0 Å². The molecule has 1 aliphatic rings. The maximum atomic E-state index is 12.8. The lowest BCUT2D eigenvalue weighted by Gasteiger charge is -2.13. The summed E-state index contributed by atoms with van der Waals surface area (Å²) in [6, 6.07) is 17.1. The second-order valence-electron chi connectivity index (χ2n) is 9.40. The third-order valence-electron chi connectivity index (χ3n) is 6.36. The van der Waals surface area contributed by atoms with Gasteiger partial charge in [0.2, 0.25) is 0 Å². The van der Waals surface area contributed by atoms with Crippen LogP contribution in [0.4, 0.5) is 0 Å². The van der Waals surface area contributed by atoms with Crippen LogP contribution in [0.2, 0.25) is 0 Å². The third kappa shape index (κ3) is 7.72. The summed E-state index contributed by atoms with van der Waals surface area (Å²) in [6.45, 7) is 5.76. The van der Waals surface area contributed by atoms with Crippen molar-refractivity contribution in [1.82, 2.24) is 0 Å². The highest BCUT2D eigenvalue weighted by Gasteiger charge is 2.23. The number of hydrogen-bond acceptors (Lipinski definition) is 8. The number of unbranched alkanes of at least 4 members (excludes halogenated alkanes) is 1. The number of hydrogen-bond donors (Lipinski definition) is 0. The van der Waals surface area contributed by atoms with E-state index in [1.165, 1.54) is 25.5 Å². The number of methoxy groups -OCH3 is 1. The monoisotopic (exact) mass is 544 g/mol. The van der Waals surface area contributed by atoms with Crippen LogP contribution in [-0.4, -0.2) is 38.2 Å². The summed E-state index contributed by atoms with van der Waals surface area (Å²) in [7, 11) is 1.48. The smallest absolute Gasteiger partial charge is 0.343 e.